The zero-order valence-corrected chi connectivity index (χ0v) is 23.5. The van der Waals surface area contributed by atoms with E-state index in [2.05, 4.69) is 28.9 Å². The Hall–Kier alpha value is -4.36. The van der Waals surface area contributed by atoms with Crippen molar-refractivity contribution in [3.05, 3.63) is 119 Å². The topological polar surface area (TPSA) is 84.2 Å². The van der Waals surface area contributed by atoms with E-state index >= 15 is 0 Å². The first-order valence-corrected chi connectivity index (χ1v) is 14.4. The minimum absolute atomic E-state index is 0.104. The Bertz CT molecular complexity index is 1680. The fraction of sp³-hybridized carbons (Fsp3) is 0.182. The van der Waals surface area contributed by atoms with Crippen molar-refractivity contribution in [1.82, 2.24) is 14.9 Å². The van der Waals surface area contributed by atoms with Crippen LogP contribution >= 0.6 is 11.8 Å². The number of nitrogens with one attached hydrogen (secondary N) is 1. The zero-order valence-electron chi connectivity index (χ0n) is 22.7. The number of hydrogen-bond donors (Lipinski definition) is 2. The highest BCUT2D eigenvalue weighted by Gasteiger charge is 2.17. The molecule has 6 nitrogen and oxygen atoms in total. The van der Waals surface area contributed by atoms with Gasteiger partial charge in [-0.15, -0.1) is 0 Å². The highest BCUT2D eigenvalue weighted by atomic mass is 32.2. The minimum Gasteiger partial charge on any atom is -0.478 e. The number of carbonyl (C=O) groups excluding carboxylic acids is 1. The lowest BCUT2D eigenvalue weighted by Gasteiger charge is -2.14. The molecule has 0 spiro atoms. The number of hydrogen-bond acceptors (Lipinski definition) is 4. The lowest BCUT2D eigenvalue weighted by atomic mass is 9.99. The number of rotatable bonds is 9. The van der Waals surface area contributed by atoms with Gasteiger partial charge in [-0.05, 0) is 65.1 Å². The Balaban J connectivity index is 1.41. The van der Waals surface area contributed by atoms with Crippen molar-refractivity contribution in [3.63, 3.8) is 0 Å². The summed E-state index contributed by atoms with van der Waals surface area (Å²) in [5.41, 5.74) is 7.41. The van der Waals surface area contributed by atoms with E-state index in [9.17, 15) is 14.7 Å². The summed E-state index contributed by atoms with van der Waals surface area (Å²) in [6.07, 6.45) is 2.00. The Kier molecular flexibility index (Phi) is 8.03. The number of benzene rings is 4. The summed E-state index contributed by atoms with van der Waals surface area (Å²) >= 11 is 1.57. The van der Waals surface area contributed by atoms with Gasteiger partial charge in [0.2, 0.25) is 0 Å². The predicted octanol–water partition coefficient (Wildman–Crippen LogP) is 7.01. The van der Waals surface area contributed by atoms with Crippen LogP contribution in [0.15, 0.2) is 96.2 Å². The van der Waals surface area contributed by atoms with Crippen molar-refractivity contribution < 1.29 is 14.7 Å². The molecule has 1 heterocycles. The number of nitrogens with zero attached hydrogens (tertiary/aromatic N) is 2. The average molecular weight is 550 g/mol. The van der Waals surface area contributed by atoms with Crippen LogP contribution in [0.2, 0.25) is 0 Å². The van der Waals surface area contributed by atoms with Crippen LogP contribution in [0.4, 0.5) is 0 Å². The van der Waals surface area contributed by atoms with E-state index in [1.165, 1.54) is 5.56 Å². The van der Waals surface area contributed by atoms with Gasteiger partial charge in [0, 0.05) is 12.1 Å². The van der Waals surface area contributed by atoms with Crippen LogP contribution in [0.25, 0.3) is 22.2 Å². The van der Waals surface area contributed by atoms with E-state index in [1.54, 1.807) is 23.9 Å². The SMILES string of the molecule is CSc1nc2c(C)cc(C(=O)NC[C@@H](C)c3ccccc3)cc2n1Cc1ccc(-c2ccccc2C(=O)O)cc1. The van der Waals surface area contributed by atoms with Gasteiger partial charge in [0.15, 0.2) is 5.16 Å². The molecule has 40 heavy (non-hydrogen) atoms. The van der Waals surface area contributed by atoms with Crippen molar-refractivity contribution >= 4 is 34.7 Å². The summed E-state index contributed by atoms with van der Waals surface area (Å²) in [4.78, 5) is 29.7. The number of thioether (sulfide) groups is 1. The molecule has 1 atom stereocenters. The first-order valence-electron chi connectivity index (χ1n) is 13.2. The van der Waals surface area contributed by atoms with E-state index in [0.29, 0.717) is 24.2 Å². The van der Waals surface area contributed by atoms with Gasteiger partial charge < -0.3 is 15.0 Å². The molecular weight excluding hydrogens is 518 g/mol. The Labute approximate surface area is 238 Å². The average Bonchev–Trinajstić information content (AvgIpc) is 3.34. The summed E-state index contributed by atoms with van der Waals surface area (Å²) in [6, 6.07) is 28.9. The van der Waals surface area contributed by atoms with Gasteiger partial charge in [-0.1, -0.05) is 91.5 Å². The largest absolute Gasteiger partial charge is 0.478 e. The second kappa shape index (κ2) is 11.8. The number of fused-ring (bicyclic) bond motifs is 1. The van der Waals surface area contributed by atoms with Gasteiger partial charge in [0.1, 0.15) is 0 Å². The third kappa shape index (κ3) is 5.65. The molecule has 0 unspecified atom stereocenters. The van der Waals surface area contributed by atoms with E-state index in [4.69, 9.17) is 4.98 Å². The molecule has 202 valence electrons. The molecule has 0 aliphatic carbocycles. The number of aryl methyl sites for hydroxylation is 1. The molecule has 0 fully saturated rings. The van der Waals surface area contributed by atoms with Gasteiger partial charge in [0.05, 0.1) is 23.1 Å². The van der Waals surface area contributed by atoms with Crippen LogP contribution in [0.3, 0.4) is 0 Å². The van der Waals surface area contributed by atoms with Crippen molar-refractivity contribution in [2.24, 2.45) is 0 Å². The fourth-order valence-corrected chi connectivity index (χ4v) is 5.52. The summed E-state index contributed by atoms with van der Waals surface area (Å²) in [6.45, 7) is 5.22. The fourth-order valence-electron chi connectivity index (χ4n) is 4.95. The number of amides is 1. The van der Waals surface area contributed by atoms with Gasteiger partial charge in [-0.3, -0.25) is 4.79 Å². The van der Waals surface area contributed by atoms with Crippen molar-refractivity contribution in [2.75, 3.05) is 12.8 Å². The van der Waals surface area contributed by atoms with Crippen molar-refractivity contribution in [2.45, 2.75) is 31.5 Å². The normalized spacial score (nSPS) is 11.9. The predicted molar refractivity (Wildman–Crippen MR) is 161 cm³/mol. The maximum absolute atomic E-state index is 13.2. The molecular formula is C33H31N3O3S. The minimum atomic E-state index is -0.945. The Morgan fingerprint density at radius 1 is 0.975 bits per heavy atom. The lowest BCUT2D eigenvalue weighted by molar-refractivity contribution is 0.0697. The molecule has 0 aliphatic rings. The molecule has 0 radical (unpaired) electrons. The number of carboxylic acids is 1. The molecule has 0 aliphatic heterocycles. The molecule has 4 aromatic carbocycles. The quantitative estimate of drug-likeness (QED) is 0.193. The molecule has 1 aromatic heterocycles. The number of carboxylic acid groups (broad SMARTS) is 1. The Morgan fingerprint density at radius 2 is 1.68 bits per heavy atom. The Morgan fingerprint density at radius 3 is 2.38 bits per heavy atom. The van der Waals surface area contributed by atoms with Crippen LogP contribution in [-0.4, -0.2) is 39.3 Å². The molecule has 1 amide bonds. The molecule has 0 bridgehead atoms. The number of imidazole rings is 1. The second-order valence-corrected chi connectivity index (χ2v) is 10.7. The van der Waals surface area contributed by atoms with Gasteiger partial charge in [0.25, 0.3) is 5.91 Å². The van der Waals surface area contributed by atoms with Crippen LogP contribution in [0.1, 0.15) is 50.2 Å². The third-order valence-corrected chi connectivity index (χ3v) is 7.83. The third-order valence-electron chi connectivity index (χ3n) is 7.15. The summed E-state index contributed by atoms with van der Waals surface area (Å²) < 4.78 is 2.14. The first-order chi connectivity index (χ1) is 19.4. The van der Waals surface area contributed by atoms with Crippen molar-refractivity contribution in [1.29, 1.82) is 0 Å². The number of aromatic carboxylic acids is 1. The summed E-state index contributed by atoms with van der Waals surface area (Å²) in [5, 5.41) is 13.5. The smallest absolute Gasteiger partial charge is 0.336 e. The van der Waals surface area contributed by atoms with Crippen LogP contribution in [-0.2, 0) is 6.54 Å². The molecule has 7 heteroatoms. The van der Waals surface area contributed by atoms with E-state index in [1.807, 2.05) is 79.9 Å². The number of carbonyl (C=O) groups is 2. The lowest BCUT2D eigenvalue weighted by Crippen LogP contribution is -2.27. The molecule has 5 rings (SSSR count). The standard InChI is InChI=1S/C33H31N3O3S/c1-21-17-26(31(37)34-19-22(2)24-9-5-4-6-10-24)18-29-30(21)35-33(40-3)36(29)20-23-13-15-25(16-14-23)27-11-7-8-12-28(27)32(38)39/h4-18,22H,19-20H2,1-3H3,(H,34,37)(H,38,39)/t22-/m1/s1. The molecule has 5 aromatic rings. The molecule has 0 saturated carbocycles. The summed E-state index contributed by atoms with van der Waals surface area (Å²) in [7, 11) is 0. The molecule has 0 saturated heterocycles. The van der Waals surface area contributed by atoms with Gasteiger partial charge in [-0.2, -0.15) is 0 Å². The molecule has 2 N–H and O–H groups in total. The van der Waals surface area contributed by atoms with E-state index in [0.717, 1.165) is 32.9 Å². The summed E-state index contributed by atoms with van der Waals surface area (Å²) in [5.74, 6) is -0.847. The number of aromatic nitrogens is 2. The van der Waals surface area contributed by atoms with Crippen LogP contribution in [0, 0.1) is 6.92 Å². The maximum atomic E-state index is 13.2. The highest BCUT2D eigenvalue weighted by molar-refractivity contribution is 7.98. The van der Waals surface area contributed by atoms with E-state index < -0.39 is 5.97 Å². The zero-order chi connectivity index (χ0) is 28.2. The van der Waals surface area contributed by atoms with Gasteiger partial charge >= 0.3 is 5.97 Å². The maximum Gasteiger partial charge on any atom is 0.336 e. The highest BCUT2D eigenvalue weighted by Crippen LogP contribution is 2.29. The first kappa shape index (κ1) is 27.2. The van der Waals surface area contributed by atoms with Gasteiger partial charge in [-0.25, -0.2) is 9.78 Å². The van der Waals surface area contributed by atoms with Crippen LogP contribution < -0.4 is 5.32 Å². The van der Waals surface area contributed by atoms with E-state index in [-0.39, 0.29) is 17.4 Å². The second-order valence-electron chi connectivity index (χ2n) is 9.91. The van der Waals surface area contributed by atoms with Crippen LogP contribution in [0.5, 0.6) is 0 Å². The van der Waals surface area contributed by atoms with Crippen molar-refractivity contribution in [3.8, 4) is 11.1 Å². The monoisotopic (exact) mass is 549 g/mol.